The highest BCUT2D eigenvalue weighted by Gasteiger charge is 2.02. The SMILES string of the molecule is CCCCCCCCCCOC(=O)CCCCCCCNC(C)=O. The highest BCUT2D eigenvalue weighted by molar-refractivity contribution is 5.72. The van der Waals surface area contributed by atoms with Gasteiger partial charge in [0, 0.05) is 19.9 Å². The van der Waals surface area contributed by atoms with Gasteiger partial charge in [0.15, 0.2) is 0 Å². The van der Waals surface area contributed by atoms with Gasteiger partial charge in [-0.2, -0.15) is 0 Å². The molecule has 0 saturated carbocycles. The van der Waals surface area contributed by atoms with E-state index in [0.29, 0.717) is 13.0 Å². The molecule has 1 N–H and O–H groups in total. The molecular weight excluding hydrogens is 302 g/mol. The first kappa shape index (κ1) is 22.9. The maximum Gasteiger partial charge on any atom is 0.305 e. The first-order chi connectivity index (χ1) is 11.7. The second kappa shape index (κ2) is 18.3. The van der Waals surface area contributed by atoms with Crippen LogP contribution in [0.5, 0.6) is 0 Å². The minimum absolute atomic E-state index is 0.0363. The molecule has 1 amide bonds. The number of nitrogens with one attached hydrogen (secondary N) is 1. The largest absolute Gasteiger partial charge is 0.466 e. The molecule has 0 atom stereocenters. The van der Waals surface area contributed by atoms with E-state index in [4.69, 9.17) is 4.74 Å². The van der Waals surface area contributed by atoms with Crippen LogP contribution in [0, 0.1) is 0 Å². The van der Waals surface area contributed by atoms with Gasteiger partial charge in [-0.05, 0) is 19.3 Å². The molecule has 0 aromatic carbocycles. The van der Waals surface area contributed by atoms with Gasteiger partial charge in [-0.1, -0.05) is 71.1 Å². The smallest absolute Gasteiger partial charge is 0.305 e. The van der Waals surface area contributed by atoms with Crippen LogP contribution in [-0.2, 0) is 14.3 Å². The first-order valence-electron chi connectivity index (χ1n) is 10.1. The molecule has 0 unspecified atom stereocenters. The van der Waals surface area contributed by atoms with Gasteiger partial charge in [0.2, 0.25) is 5.91 Å². The number of carbonyl (C=O) groups excluding carboxylic acids is 2. The van der Waals surface area contributed by atoms with E-state index in [9.17, 15) is 9.59 Å². The summed E-state index contributed by atoms with van der Waals surface area (Å²) >= 11 is 0. The Balaban J connectivity index is 3.17. The van der Waals surface area contributed by atoms with Crippen LogP contribution in [0.15, 0.2) is 0 Å². The Kier molecular flexibility index (Phi) is 17.5. The summed E-state index contributed by atoms with van der Waals surface area (Å²) in [4.78, 5) is 22.3. The highest BCUT2D eigenvalue weighted by atomic mass is 16.5. The summed E-state index contributed by atoms with van der Waals surface area (Å²) in [5, 5.41) is 2.79. The van der Waals surface area contributed by atoms with Gasteiger partial charge in [0.25, 0.3) is 0 Å². The van der Waals surface area contributed by atoms with Crippen LogP contribution in [0.4, 0.5) is 0 Å². The monoisotopic (exact) mass is 341 g/mol. The molecule has 0 heterocycles. The molecule has 0 radical (unpaired) electrons. The van der Waals surface area contributed by atoms with Crippen molar-refractivity contribution < 1.29 is 14.3 Å². The van der Waals surface area contributed by atoms with Gasteiger partial charge in [0.1, 0.15) is 0 Å². The number of carbonyl (C=O) groups is 2. The Morgan fingerprint density at radius 3 is 1.92 bits per heavy atom. The van der Waals surface area contributed by atoms with Crippen molar-refractivity contribution in [3.8, 4) is 0 Å². The maximum absolute atomic E-state index is 11.6. The fourth-order valence-corrected chi connectivity index (χ4v) is 2.68. The third-order valence-corrected chi connectivity index (χ3v) is 4.19. The number of rotatable bonds is 17. The molecule has 24 heavy (non-hydrogen) atoms. The Bertz CT molecular complexity index is 305. The van der Waals surface area contributed by atoms with Gasteiger partial charge in [-0.15, -0.1) is 0 Å². The van der Waals surface area contributed by atoms with Crippen LogP contribution in [0.1, 0.15) is 104 Å². The Morgan fingerprint density at radius 1 is 0.750 bits per heavy atom. The lowest BCUT2D eigenvalue weighted by Gasteiger charge is -2.05. The third kappa shape index (κ3) is 19.0. The summed E-state index contributed by atoms with van der Waals surface area (Å²) in [5.41, 5.74) is 0. The topological polar surface area (TPSA) is 55.4 Å². The van der Waals surface area contributed by atoms with E-state index in [1.165, 1.54) is 44.9 Å². The van der Waals surface area contributed by atoms with Crippen LogP contribution >= 0.6 is 0 Å². The van der Waals surface area contributed by atoms with E-state index in [2.05, 4.69) is 12.2 Å². The molecule has 142 valence electrons. The Labute approximate surface area is 149 Å². The van der Waals surface area contributed by atoms with Gasteiger partial charge in [-0.3, -0.25) is 9.59 Å². The van der Waals surface area contributed by atoms with Gasteiger partial charge in [-0.25, -0.2) is 0 Å². The van der Waals surface area contributed by atoms with E-state index in [1.807, 2.05) is 0 Å². The first-order valence-corrected chi connectivity index (χ1v) is 10.1. The molecule has 0 aliphatic carbocycles. The molecule has 0 aromatic heterocycles. The number of hydrogen-bond donors (Lipinski definition) is 1. The van der Waals surface area contributed by atoms with Crippen molar-refractivity contribution in [3.63, 3.8) is 0 Å². The zero-order chi connectivity index (χ0) is 17.9. The molecule has 0 rings (SSSR count). The highest BCUT2D eigenvalue weighted by Crippen LogP contribution is 2.09. The average molecular weight is 342 g/mol. The number of unbranched alkanes of at least 4 members (excludes halogenated alkanes) is 11. The predicted molar refractivity (Wildman–Crippen MR) is 100.0 cm³/mol. The van der Waals surface area contributed by atoms with Gasteiger partial charge >= 0.3 is 5.97 Å². The molecule has 0 aromatic rings. The fourth-order valence-electron chi connectivity index (χ4n) is 2.68. The molecular formula is C20H39NO3. The summed E-state index contributed by atoms with van der Waals surface area (Å²) < 4.78 is 5.27. The predicted octanol–water partition coefficient (Wildman–Crippen LogP) is 5.15. The van der Waals surface area contributed by atoms with E-state index < -0.39 is 0 Å². The lowest BCUT2D eigenvalue weighted by molar-refractivity contribution is -0.143. The zero-order valence-electron chi connectivity index (χ0n) is 16.0. The third-order valence-electron chi connectivity index (χ3n) is 4.19. The van der Waals surface area contributed by atoms with Crippen molar-refractivity contribution in [2.45, 2.75) is 104 Å². The number of ether oxygens (including phenoxy) is 1. The van der Waals surface area contributed by atoms with Crippen LogP contribution in [0.2, 0.25) is 0 Å². The average Bonchev–Trinajstić information content (AvgIpc) is 2.55. The molecule has 0 saturated heterocycles. The Morgan fingerprint density at radius 2 is 1.29 bits per heavy atom. The molecule has 0 aliphatic rings. The molecule has 0 bridgehead atoms. The summed E-state index contributed by atoms with van der Waals surface area (Å²) in [7, 11) is 0. The van der Waals surface area contributed by atoms with Crippen molar-refractivity contribution in [1.82, 2.24) is 5.32 Å². The van der Waals surface area contributed by atoms with Crippen LogP contribution in [0.3, 0.4) is 0 Å². The van der Waals surface area contributed by atoms with E-state index in [0.717, 1.165) is 45.1 Å². The van der Waals surface area contributed by atoms with Crippen molar-refractivity contribution >= 4 is 11.9 Å². The van der Waals surface area contributed by atoms with Crippen molar-refractivity contribution in [1.29, 1.82) is 0 Å². The molecule has 4 heteroatoms. The summed E-state index contributed by atoms with van der Waals surface area (Å²) in [6, 6.07) is 0. The van der Waals surface area contributed by atoms with Crippen LogP contribution < -0.4 is 5.32 Å². The minimum Gasteiger partial charge on any atom is -0.466 e. The number of esters is 1. The lowest BCUT2D eigenvalue weighted by Crippen LogP contribution is -2.20. The summed E-state index contributed by atoms with van der Waals surface area (Å²) in [6.07, 6.45) is 15.9. The fraction of sp³-hybridized carbons (Fsp3) is 0.900. The van der Waals surface area contributed by atoms with Crippen molar-refractivity contribution in [2.75, 3.05) is 13.2 Å². The lowest BCUT2D eigenvalue weighted by atomic mass is 10.1. The molecule has 0 fully saturated rings. The summed E-state index contributed by atoms with van der Waals surface area (Å²) in [5.74, 6) is -0.00886. The standard InChI is InChI=1S/C20H39NO3/c1-3-4-5-6-7-8-12-15-18-24-20(23)16-13-10-9-11-14-17-21-19(2)22/h3-18H2,1-2H3,(H,21,22). The zero-order valence-corrected chi connectivity index (χ0v) is 16.0. The second-order valence-corrected chi connectivity index (χ2v) is 6.70. The van der Waals surface area contributed by atoms with E-state index in [-0.39, 0.29) is 11.9 Å². The quantitative estimate of drug-likeness (QED) is 0.294. The molecule has 0 spiro atoms. The van der Waals surface area contributed by atoms with Crippen molar-refractivity contribution in [3.05, 3.63) is 0 Å². The molecule has 4 nitrogen and oxygen atoms in total. The molecule has 0 aliphatic heterocycles. The van der Waals surface area contributed by atoms with Crippen LogP contribution in [0.25, 0.3) is 0 Å². The number of amides is 1. The van der Waals surface area contributed by atoms with Gasteiger partial charge in [0.05, 0.1) is 6.61 Å². The summed E-state index contributed by atoms with van der Waals surface area (Å²) in [6.45, 7) is 5.13. The van der Waals surface area contributed by atoms with Crippen molar-refractivity contribution in [2.24, 2.45) is 0 Å². The Hall–Kier alpha value is -1.06. The van der Waals surface area contributed by atoms with Gasteiger partial charge < -0.3 is 10.1 Å². The minimum atomic E-state index is -0.0452. The van der Waals surface area contributed by atoms with E-state index >= 15 is 0 Å². The maximum atomic E-state index is 11.6. The number of hydrogen-bond acceptors (Lipinski definition) is 3. The van der Waals surface area contributed by atoms with Crippen LogP contribution in [-0.4, -0.2) is 25.0 Å². The second-order valence-electron chi connectivity index (χ2n) is 6.70. The van der Waals surface area contributed by atoms with E-state index in [1.54, 1.807) is 6.92 Å². The normalized spacial score (nSPS) is 10.6.